The second-order valence-electron chi connectivity index (χ2n) is 11.8. The predicted molar refractivity (Wildman–Crippen MR) is 172 cm³/mol. The summed E-state index contributed by atoms with van der Waals surface area (Å²) in [7, 11) is 0. The Bertz CT molecular complexity index is 1560. The van der Waals surface area contributed by atoms with Gasteiger partial charge >= 0.3 is 11.9 Å². The summed E-state index contributed by atoms with van der Waals surface area (Å²) >= 11 is 4.41. The Morgan fingerprint density at radius 2 is 1.52 bits per heavy atom. The highest BCUT2D eigenvalue weighted by Gasteiger charge is 2.38. The van der Waals surface area contributed by atoms with Gasteiger partial charge in [0, 0.05) is 78.2 Å². The number of carbonyl (C=O) groups excluding carboxylic acids is 2. The number of amides is 2. The highest BCUT2D eigenvalue weighted by atomic mass is 32.1. The number of aromatic amines is 2. The predicted octanol–water partition coefficient (Wildman–Crippen LogP) is 4.22. The molecule has 1 fully saturated rings. The number of H-pyrrole nitrogens is 2. The fraction of sp³-hybridized carbons (Fsp3) is 0.485. The third-order valence-electron chi connectivity index (χ3n) is 9.32. The largest absolute Gasteiger partial charge is 0.481 e. The lowest BCUT2D eigenvalue weighted by molar-refractivity contribution is -0.138. The van der Waals surface area contributed by atoms with Gasteiger partial charge in [0.2, 0.25) is 5.91 Å². The summed E-state index contributed by atoms with van der Waals surface area (Å²) in [6, 6.07) is -0.0186. The molecule has 10 nitrogen and oxygen atoms in total. The number of nitrogens with zero attached hydrogens (tertiary/aromatic N) is 1. The Morgan fingerprint density at radius 3 is 2.05 bits per heavy atom. The Labute approximate surface area is 262 Å². The molecule has 0 aromatic carbocycles. The van der Waals surface area contributed by atoms with E-state index < -0.39 is 11.9 Å². The van der Waals surface area contributed by atoms with Crippen molar-refractivity contribution < 1.29 is 29.4 Å². The van der Waals surface area contributed by atoms with E-state index in [2.05, 4.69) is 46.4 Å². The van der Waals surface area contributed by atoms with E-state index in [1.54, 1.807) is 0 Å². The smallest absolute Gasteiger partial charge is 0.303 e. The number of aromatic nitrogens is 2. The summed E-state index contributed by atoms with van der Waals surface area (Å²) in [4.78, 5) is 59.3. The molecule has 0 unspecified atom stereocenters. The van der Waals surface area contributed by atoms with Crippen LogP contribution in [0.15, 0.2) is 28.8 Å². The van der Waals surface area contributed by atoms with E-state index in [1.807, 2.05) is 20.8 Å². The van der Waals surface area contributed by atoms with Crippen molar-refractivity contribution in [3.8, 4) is 0 Å². The molecule has 2 aromatic heterocycles. The maximum Gasteiger partial charge on any atom is 0.303 e. The number of aliphatic carboxylic acids is 2. The van der Waals surface area contributed by atoms with Gasteiger partial charge < -0.3 is 25.5 Å². The Hall–Kier alpha value is -3.86. The molecule has 2 amide bonds. The fourth-order valence-electron chi connectivity index (χ4n) is 6.78. The Kier molecular flexibility index (Phi) is 10.4. The summed E-state index contributed by atoms with van der Waals surface area (Å²) in [5.74, 6) is -1.61. The number of hydrogen-bond acceptors (Lipinski definition) is 5. The molecule has 0 spiro atoms. The zero-order valence-electron chi connectivity index (χ0n) is 25.8. The second kappa shape index (κ2) is 13.8. The van der Waals surface area contributed by atoms with Crippen molar-refractivity contribution in [1.82, 2.24) is 15.3 Å². The van der Waals surface area contributed by atoms with E-state index >= 15 is 0 Å². The fourth-order valence-corrected chi connectivity index (χ4v) is 7.13. The Balaban J connectivity index is 1.72. The number of carboxylic acid groups (broad SMARTS) is 2. The normalized spacial score (nSPS) is 19.9. The van der Waals surface area contributed by atoms with Gasteiger partial charge in [0.1, 0.15) is 0 Å². The van der Waals surface area contributed by atoms with Crippen molar-refractivity contribution >= 4 is 42.1 Å². The second-order valence-corrected chi connectivity index (χ2v) is 12.1. The zero-order chi connectivity index (χ0) is 32.3. The summed E-state index contributed by atoms with van der Waals surface area (Å²) < 4.78 is 0. The minimum atomic E-state index is -0.904. The van der Waals surface area contributed by atoms with Crippen LogP contribution >= 0.6 is 12.6 Å². The minimum absolute atomic E-state index is 0.0186. The van der Waals surface area contributed by atoms with Crippen LogP contribution in [0.5, 0.6) is 0 Å². The highest BCUT2D eigenvalue weighted by Crippen LogP contribution is 2.32. The SMILES string of the molecule is C=CC1=C(CS)C(Cc2[nH]c(Cc3[nH]c(C[C@H]4NC(=O)[C@H](C)[C@H]4CC)c(C)c3CCC(=O)O)c(CCC(=O)O)c2C)=NC1=O. The third-order valence-corrected chi connectivity index (χ3v) is 9.63. The summed E-state index contributed by atoms with van der Waals surface area (Å²) in [5.41, 5.74) is 8.99. The van der Waals surface area contributed by atoms with Crippen molar-refractivity contribution in [2.45, 2.75) is 85.1 Å². The molecule has 5 N–H and O–H groups in total. The number of aliphatic imine (C=N–C) groups is 1. The maximum atomic E-state index is 12.4. The lowest BCUT2D eigenvalue weighted by Gasteiger charge is -2.19. The van der Waals surface area contributed by atoms with Gasteiger partial charge in [-0.25, -0.2) is 4.99 Å². The van der Waals surface area contributed by atoms with Crippen LogP contribution in [0.25, 0.3) is 0 Å². The van der Waals surface area contributed by atoms with Gasteiger partial charge in [0.25, 0.3) is 5.91 Å². The molecule has 3 atom stereocenters. The molecule has 2 aromatic rings. The van der Waals surface area contributed by atoms with Crippen LogP contribution < -0.4 is 5.32 Å². The molecule has 1 saturated heterocycles. The molecule has 11 heteroatoms. The number of carboxylic acids is 2. The lowest BCUT2D eigenvalue weighted by Crippen LogP contribution is -2.31. The van der Waals surface area contributed by atoms with Crippen molar-refractivity contribution in [2.75, 3.05) is 5.75 Å². The monoisotopic (exact) mass is 622 g/mol. The molecule has 0 radical (unpaired) electrons. The molecule has 0 aliphatic carbocycles. The summed E-state index contributed by atoms with van der Waals surface area (Å²) in [5, 5.41) is 22.1. The van der Waals surface area contributed by atoms with Crippen LogP contribution in [0.2, 0.25) is 0 Å². The highest BCUT2D eigenvalue weighted by molar-refractivity contribution is 7.80. The van der Waals surface area contributed by atoms with E-state index in [1.165, 1.54) is 6.08 Å². The first-order chi connectivity index (χ1) is 20.9. The molecular weight excluding hydrogens is 580 g/mol. The van der Waals surface area contributed by atoms with Gasteiger partial charge in [-0.2, -0.15) is 12.6 Å². The van der Waals surface area contributed by atoms with E-state index in [4.69, 9.17) is 0 Å². The summed E-state index contributed by atoms with van der Waals surface area (Å²) in [6.07, 6.45) is 4.32. The van der Waals surface area contributed by atoms with Gasteiger partial charge in [-0.05, 0) is 60.4 Å². The first-order valence-electron chi connectivity index (χ1n) is 15.1. The van der Waals surface area contributed by atoms with Gasteiger partial charge in [0.05, 0.1) is 5.71 Å². The van der Waals surface area contributed by atoms with Crippen molar-refractivity contribution in [1.29, 1.82) is 0 Å². The molecule has 0 bridgehead atoms. The average Bonchev–Trinajstić information content (AvgIpc) is 3.63. The lowest BCUT2D eigenvalue weighted by atomic mass is 9.87. The number of carbonyl (C=O) groups is 4. The van der Waals surface area contributed by atoms with Gasteiger partial charge in [-0.1, -0.05) is 32.9 Å². The average molecular weight is 623 g/mol. The van der Waals surface area contributed by atoms with Crippen LogP contribution in [-0.4, -0.2) is 61.4 Å². The molecule has 2 aliphatic heterocycles. The quantitative estimate of drug-likeness (QED) is 0.163. The van der Waals surface area contributed by atoms with Crippen LogP contribution in [0, 0.1) is 25.7 Å². The van der Waals surface area contributed by atoms with E-state index in [-0.39, 0.29) is 42.5 Å². The number of rotatable bonds is 15. The molecule has 4 rings (SSSR count). The van der Waals surface area contributed by atoms with Crippen LogP contribution in [0.4, 0.5) is 0 Å². The molecular formula is C33H42N4O6S. The first kappa shape index (κ1) is 33.0. The number of thiol groups is 1. The van der Waals surface area contributed by atoms with Crippen molar-refractivity contribution in [3.05, 3.63) is 68.8 Å². The maximum absolute atomic E-state index is 12.4. The van der Waals surface area contributed by atoms with Crippen LogP contribution in [-0.2, 0) is 51.3 Å². The zero-order valence-corrected chi connectivity index (χ0v) is 26.7. The molecule has 2 aliphatic rings. The summed E-state index contributed by atoms with van der Waals surface area (Å²) in [6.45, 7) is 11.7. The van der Waals surface area contributed by atoms with E-state index in [0.29, 0.717) is 49.1 Å². The molecule has 4 heterocycles. The molecule has 0 saturated carbocycles. The van der Waals surface area contributed by atoms with Gasteiger partial charge in [0.15, 0.2) is 0 Å². The number of nitrogens with one attached hydrogen (secondary N) is 3. The molecule has 236 valence electrons. The number of hydrogen-bond donors (Lipinski definition) is 6. The standard InChI is InChI=1S/C33H42N4O6S/c1-6-19-18(5)32(42)36-26(19)12-24-16(3)21(8-10-30(38)39)27(34-24)14-28-22(9-11-31(40)41)17(4)25(35-28)13-29-23(15-44)20(7-2)33(43)37-29/h7,18-19,26,34-35,44H,2,6,8-15H2,1,3-5H3,(H,36,42)(H,38,39)(H,40,41)/t18-,19-,26-/m1/s1. The Morgan fingerprint density at radius 1 is 0.955 bits per heavy atom. The van der Waals surface area contributed by atoms with Gasteiger partial charge in [-0.15, -0.1) is 0 Å². The van der Waals surface area contributed by atoms with Crippen LogP contribution in [0.1, 0.15) is 78.1 Å². The third kappa shape index (κ3) is 6.77. The topological polar surface area (TPSA) is 165 Å². The van der Waals surface area contributed by atoms with Gasteiger partial charge in [-0.3, -0.25) is 19.2 Å². The molecule has 44 heavy (non-hydrogen) atoms. The van der Waals surface area contributed by atoms with Crippen molar-refractivity contribution in [3.63, 3.8) is 0 Å². The van der Waals surface area contributed by atoms with Crippen molar-refractivity contribution in [2.24, 2.45) is 16.8 Å². The van der Waals surface area contributed by atoms with E-state index in [0.717, 1.165) is 57.0 Å². The minimum Gasteiger partial charge on any atom is -0.481 e. The van der Waals surface area contributed by atoms with Crippen LogP contribution in [0.3, 0.4) is 0 Å². The van der Waals surface area contributed by atoms with E-state index in [9.17, 15) is 29.4 Å². The first-order valence-corrected chi connectivity index (χ1v) is 15.7.